The van der Waals surface area contributed by atoms with Gasteiger partial charge in [0.2, 0.25) is 0 Å². The summed E-state index contributed by atoms with van der Waals surface area (Å²) in [7, 11) is 0. The molecule has 0 bridgehead atoms. The van der Waals surface area contributed by atoms with Gasteiger partial charge in [0.25, 0.3) is 0 Å². The topological polar surface area (TPSA) is 24.1 Å². The predicted octanol–water partition coefficient (Wildman–Crippen LogP) is 2.79. The van der Waals surface area contributed by atoms with E-state index in [0.717, 1.165) is 11.8 Å². The molecule has 2 N–H and O–H groups in total. The molecular weight excluding hydrogens is 196 g/mol. The van der Waals surface area contributed by atoms with Crippen LogP contribution < -0.4 is 10.6 Å². The summed E-state index contributed by atoms with van der Waals surface area (Å²) in [6.45, 7) is 9.54. The molecule has 1 aliphatic heterocycles. The first kappa shape index (κ1) is 14.0. The van der Waals surface area contributed by atoms with Crippen LogP contribution in [0, 0.1) is 11.8 Å². The normalized spacial score (nSPS) is 22.5. The van der Waals surface area contributed by atoms with Gasteiger partial charge >= 0.3 is 0 Å². The minimum Gasteiger partial charge on any atom is -0.316 e. The maximum Gasteiger partial charge on any atom is -0.00196 e. The highest BCUT2D eigenvalue weighted by Gasteiger charge is 2.13. The summed E-state index contributed by atoms with van der Waals surface area (Å²) >= 11 is 0. The van der Waals surface area contributed by atoms with E-state index in [1.165, 1.54) is 64.7 Å². The van der Waals surface area contributed by atoms with Crippen LogP contribution >= 0.6 is 0 Å². The Morgan fingerprint density at radius 1 is 1.38 bits per heavy atom. The molecule has 96 valence electrons. The number of nitrogens with one attached hydrogen (secondary N) is 2. The number of rotatable bonds is 9. The van der Waals surface area contributed by atoms with E-state index in [9.17, 15) is 0 Å². The standard InChI is InChI=1S/C14H30N2/c1-3-5-6-13(4-2)11-15-9-7-14-8-10-16-12-14/h13-16H,3-12H2,1-2H3. The molecule has 2 heteroatoms. The lowest BCUT2D eigenvalue weighted by atomic mass is 9.99. The fourth-order valence-electron chi connectivity index (χ4n) is 2.52. The molecular formula is C14H30N2. The molecule has 0 aromatic carbocycles. The van der Waals surface area contributed by atoms with Gasteiger partial charge in [0, 0.05) is 0 Å². The van der Waals surface area contributed by atoms with Crippen molar-refractivity contribution in [3.8, 4) is 0 Å². The van der Waals surface area contributed by atoms with Crippen molar-refractivity contribution in [2.75, 3.05) is 26.2 Å². The van der Waals surface area contributed by atoms with Gasteiger partial charge in [-0.3, -0.25) is 0 Å². The largest absolute Gasteiger partial charge is 0.316 e. The SMILES string of the molecule is CCCCC(CC)CNCCC1CCNC1. The van der Waals surface area contributed by atoms with Crippen LogP contribution in [0.2, 0.25) is 0 Å². The van der Waals surface area contributed by atoms with Crippen LogP contribution in [-0.2, 0) is 0 Å². The zero-order valence-corrected chi connectivity index (χ0v) is 11.2. The van der Waals surface area contributed by atoms with Gasteiger partial charge in [0.15, 0.2) is 0 Å². The lowest BCUT2D eigenvalue weighted by molar-refractivity contribution is 0.405. The zero-order valence-electron chi connectivity index (χ0n) is 11.2. The van der Waals surface area contributed by atoms with Crippen LogP contribution in [0.1, 0.15) is 52.4 Å². The second-order valence-electron chi connectivity index (χ2n) is 5.27. The molecule has 2 atom stereocenters. The second-order valence-corrected chi connectivity index (χ2v) is 5.27. The molecule has 1 fully saturated rings. The lowest BCUT2D eigenvalue weighted by Crippen LogP contribution is -2.25. The third-order valence-corrected chi connectivity index (χ3v) is 3.87. The van der Waals surface area contributed by atoms with E-state index < -0.39 is 0 Å². The molecule has 0 radical (unpaired) electrons. The molecule has 1 saturated heterocycles. The summed E-state index contributed by atoms with van der Waals surface area (Å²) in [6.07, 6.45) is 8.21. The Morgan fingerprint density at radius 2 is 2.25 bits per heavy atom. The number of hydrogen-bond donors (Lipinski definition) is 2. The Labute approximate surface area is 102 Å². The highest BCUT2D eigenvalue weighted by atomic mass is 14.9. The van der Waals surface area contributed by atoms with Gasteiger partial charge < -0.3 is 10.6 Å². The smallest absolute Gasteiger partial charge is 0.00196 e. The zero-order chi connectivity index (χ0) is 11.6. The number of unbranched alkanes of at least 4 members (excludes halogenated alkanes) is 1. The first-order chi connectivity index (χ1) is 7.86. The molecule has 0 amide bonds. The van der Waals surface area contributed by atoms with Gasteiger partial charge in [-0.2, -0.15) is 0 Å². The van der Waals surface area contributed by atoms with E-state index in [4.69, 9.17) is 0 Å². The van der Waals surface area contributed by atoms with E-state index in [1.54, 1.807) is 0 Å². The molecule has 0 aromatic rings. The molecule has 0 spiro atoms. The Hall–Kier alpha value is -0.0800. The van der Waals surface area contributed by atoms with Crippen LogP contribution in [-0.4, -0.2) is 26.2 Å². The molecule has 1 heterocycles. The highest BCUT2D eigenvalue weighted by Crippen LogP contribution is 2.13. The molecule has 16 heavy (non-hydrogen) atoms. The summed E-state index contributed by atoms with van der Waals surface area (Å²) < 4.78 is 0. The first-order valence-corrected chi connectivity index (χ1v) is 7.28. The van der Waals surface area contributed by atoms with Crippen molar-refractivity contribution in [3.63, 3.8) is 0 Å². The number of hydrogen-bond acceptors (Lipinski definition) is 2. The van der Waals surface area contributed by atoms with Crippen molar-refractivity contribution in [2.45, 2.75) is 52.4 Å². The van der Waals surface area contributed by atoms with Crippen LogP contribution in [0.25, 0.3) is 0 Å². The Balaban J connectivity index is 1.95. The summed E-state index contributed by atoms with van der Waals surface area (Å²) in [5, 5.41) is 7.08. The summed E-state index contributed by atoms with van der Waals surface area (Å²) in [4.78, 5) is 0. The van der Waals surface area contributed by atoms with Gasteiger partial charge in [-0.1, -0.05) is 33.1 Å². The van der Waals surface area contributed by atoms with Crippen molar-refractivity contribution in [1.29, 1.82) is 0 Å². The van der Waals surface area contributed by atoms with Crippen LogP contribution in [0.3, 0.4) is 0 Å². The Kier molecular flexibility index (Phi) is 7.87. The highest BCUT2D eigenvalue weighted by molar-refractivity contribution is 4.72. The van der Waals surface area contributed by atoms with Gasteiger partial charge in [-0.25, -0.2) is 0 Å². The summed E-state index contributed by atoms with van der Waals surface area (Å²) in [5.74, 6) is 1.84. The monoisotopic (exact) mass is 226 g/mol. The molecule has 2 unspecified atom stereocenters. The molecule has 0 aromatic heterocycles. The maximum absolute atomic E-state index is 3.64. The van der Waals surface area contributed by atoms with E-state index >= 15 is 0 Å². The summed E-state index contributed by atoms with van der Waals surface area (Å²) in [6, 6.07) is 0. The van der Waals surface area contributed by atoms with Crippen molar-refractivity contribution in [1.82, 2.24) is 10.6 Å². The van der Waals surface area contributed by atoms with E-state index in [2.05, 4.69) is 24.5 Å². The van der Waals surface area contributed by atoms with E-state index in [0.29, 0.717) is 0 Å². The fraction of sp³-hybridized carbons (Fsp3) is 1.00. The van der Waals surface area contributed by atoms with Crippen molar-refractivity contribution in [3.05, 3.63) is 0 Å². The average molecular weight is 226 g/mol. The average Bonchev–Trinajstić information content (AvgIpc) is 2.81. The second kappa shape index (κ2) is 9.00. The van der Waals surface area contributed by atoms with Crippen LogP contribution in [0.4, 0.5) is 0 Å². The quantitative estimate of drug-likeness (QED) is 0.591. The van der Waals surface area contributed by atoms with Crippen molar-refractivity contribution < 1.29 is 0 Å². The van der Waals surface area contributed by atoms with Gasteiger partial charge in [0.1, 0.15) is 0 Å². The third kappa shape index (κ3) is 5.86. The van der Waals surface area contributed by atoms with E-state index in [-0.39, 0.29) is 0 Å². The minimum absolute atomic E-state index is 0.904. The minimum atomic E-state index is 0.904. The van der Waals surface area contributed by atoms with Gasteiger partial charge in [0.05, 0.1) is 0 Å². The molecule has 1 rings (SSSR count). The molecule has 2 nitrogen and oxygen atoms in total. The van der Waals surface area contributed by atoms with Gasteiger partial charge in [-0.15, -0.1) is 0 Å². The van der Waals surface area contributed by atoms with Crippen molar-refractivity contribution in [2.24, 2.45) is 11.8 Å². The Bertz CT molecular complexity index is 153. The van der Waals surface area contributed by atoms with Crippen LogP contribution in [0.5, 0.6) is 0 Å². The van der Waals surface area contributed by atoms with Crippen LogP contribution in [0.15, 0.2) is 0 Å². The maximum atomic E-state index is 3.64. The fourth-order valence-corrected chi connectivity index (χ4v) is 2.52. The molecule has 0 saturated carbocycles. The van der Waals surface area contributed by atoms with E-state index in [1.807, 2.05) is 0 Å². The first-order valence-electron chi connectivity index (χ1n) is 7.28. The third-order valence-electron chi connectivity index (χ3n) is 3.87. The predicted molar refractivity (Wildman–Crippen MR) is 71.8 cm³/mol. The Morgan fingerprint density at radius 3 is 2.88 bits per heavy atom. The van der Waals surface area contributed by atoms with Crippen molar-refractivity contribution >= 4 is 0 Å². The molecule has 1 aliphatic rings. The van der Waals surface area contributed by atoms with Gasteiger partial charge in [-0.05, 0) is 57.3 Å². The lowest BCUT2D eigenvalue weighted by Gasteiger charge is -2.16. The summed E-state index contributed by atoms with van der Waals surface area (Å²) in [5.41, 5.74) is 0. The molecule has 0 aliphatic carbocycles.